The average Bonchev–Trinajstić information content (AvgIpc) is 2.49. The smallest absolute Gasteiger partial charge is 0.322 e. The van der Waals surface area contributed by atoms with E-state index in [0.29, 0.717) is 37.7 Å². The number of rotatable bonds is 3. The molecule has 1 aliphatic rings. The van der Waals surface area contributed by atoms with E-state index in [4.69, 9.17) is 9.47 Å². The molecule has 2 N–H and O–H groups in total. The SMILES string of the molecule is COc1cc(O)c(C(C)=O)cc1NC(=O)N1CCOCC1. The highest BCUT2D eigenvalue weighted by atomic mass is 16.5. The van der Waals surface area contributed by atoms with Gasteiger partial charge in [-0.1, -0.05) is 0 Å². The third-order valence-electron chi connectivity index (χ3n) is 3.24. The standard InChI is InChI=1S/C14H18N2O5/c1-9(17)10-7-11(13(20-2)8-12(10)18)15-14(19)16-3-5-21-6-4-16/h7-8,18H,3-6H2,1-2H3,(H,15,19). The number of carbonyl (C=O) groups excluding carboxylic acids is 2. The number of benzene rings is 1. The van der Waals surface area contributed by atoms with Crippen molar-refractivity contribution in [3.63, 3.8) is 0 Å². The third kappa shape index (κ3) is 3.43. The minimum Gasteiger partial charge on any atom is -0.507 e. The Balaban J connectivity index is 2.23. The Hall–Kier alpha value is -2.28. The summed E-state index contributed by atoms with van der Waals surface area (Å²) in [5.41, 5.74) is 0.477. The van der Waals surface area contributed by atoms with Crippen LogP contribution in [0.4, 0.5) is 10.5 Å². The van der Waals surface area contributed by atoms with Crippen molar-refractivity contribution in [1.29, 1.82) is 0 Å². The first-order chi connectivity index (χ1) is 10.0. The number of urea groups is 1. The van der Waals surface area contributed by atoms with Crippen LogP contribution >= 0.6 is 0 Å². The van der Waals surface area contributed by atoms with Gasteiger partial charge >= 0.3 is 6.03 Å². The second-order valence-corrected chi connectivity index (χ2v) is 4.66. The molecular weight excluding hydrogens is 276 g/mol. The Kier molecular flexibility index (Phi) is 4.64. The van der Waals surface area contributed by atoms with Crippen molar-refractivity contribution in [3.05, 3.63) is 17.7 Å². The van der Waals surface area contributed by atoms with Crippen molar-refractivity contribution in [2.24, 2.45) is 0 Å². The Morgan fingerprint density at radius 2 is 2.00 bits per heavy atom. The number of nitrogens with zero attached hydrogens (tertiary/aromatic N) is 1. The van der Waals surface area contributed by atoms with Gasteiger partial charge in [0.05, 0.1) is 31.6 Å². The number of Topliss-reactive ketones (excluding diaryl/α,β-unsaturated/α-hetero) is 1. The van der Waals surface area contributed by atoms with Gasteiger partial charge in [-0.05, 0) is 13.0 Å². The number of phenolic OH excluding ortho intramolecular Hbond substituents is 1. The van der Waals surface area contributed by atoms with Crippen molar-refractivity contribution >= 4 is 17.5 Å². The molecule has 2 rings (SSSR count). The lowest BCUT2D eigenvalue weighted by Crippen LogP contribution is -2.43. The number of ether oxygens (including phenoxy) is 2. The highest BCUT2D eigenvalue weighted by Gasteiger charge is 2.20. The number of aromatic hydroxyl groups is 1. The normalized spacial score (nSPS) is 14.7. The molecule has 0 bridgehead atoms. The molecule has 1 aromatic rings. The minimum atomic E-state index is -0.295. The summed E-state index contributed by atoms with van der Waals surface area (Å²) in [4.78, 5) is 25.2. The molecule has 0 aromatic heterocycles. The van der Waals surface area contributed by atoms with Crippen LogP contribution < -0.4 is 10.1 Å². The van der Waals surface area contributed by atoms with Crippen LogP contribution in [-0.4, -0.2) is 55.2 Å². The van der Waals surface area contributed by atoms with Crippen LogP contribution in [0.25, 0.3) is 0 Å². The number of carbonyl (C=O) groups is 2. The Morgan fingerprint density at radius 3 is 2.57 bits per heavy atom. The maximum atomic E-state index is 12.2. The lowest BCUT2D eigenvalue weighted by Gasteiger charge is -2.27. The number of hydrogen-bond donors (Lipinski definition) is 2. The van der Waals surface area contributed by atoms with E-state index >= 15 is 0 Å². The molecule has 114 valence electrons. The largest absolute Gasteiger partial charge is 0.507 e. The van der Waals surface area contributed by atoms with Gasteiger partial charge in [0.1, 0.15) is 11.5 Å². The van der Waals surface area contributed by atoms with E-state index in [2.05, 4.69) is 5.32 Å². The summed E-state index contributed by atoms with van der Waals surface area (Å²) >= 11 is 0. The molecule has 7 heteroatoms. The molecule has 0 unspecified atom stereocenters. The van der Waals surface area contributed by atoms with Crippen LogP contribution in [0, 0.1) is 0 Å². The van der Waals surface area contributed by atoms with Gasteiger partial charge < -0.3 is 24.8 Å². The second kappa shape index (κ2) is 6.45. The lowest BCUT2D eigenvalue weighted by molar-refractivity contribution is 0.0564. The van der Waals surface area contributed by atoms with Gasteiger partial charge in [0.15, 0.2) is 5.78 Å². The van der Waals surface area contributed by atoms with Crippen LogP contribution in [0.3, 0.4) is 0 Å². The number of ketones is 1. The fourth-order valence-corrected chi connectivity index (χ4v) is 2.08. The Morgan fingerprint density at radius 1 is 1.33 bits per heavy atom. The molecule has 0 atom stereocenters. The van der Waals surface area contributed by atoms with Crippen molar-refractivity contribution in [2.45, 2.75) is 6.92 Å². The van der Waals surface area contributed by atoms with Gasteiger partial charge in [-0.15, -0.1) is 0 Å². The van der Waals surface area contributed by atoms with Crippen LogP contribution in [0.1, 0.15) is 17.3 Å². The summed E-state index contributed by atoms with van der Waals surface area (Å²) in [7, 11) is 1.42. The maximum Gasteiger partial charge on any atom is 0.322 e. The topological polar surface area (TPSA) is 88.1 Å². The highest BCUT2D eigenvalue weighted by Crippen LogP contribution is 2.32. The molecule has 1 saturated heterocycles. The number of hydrogen-bond acceptors (Lipinski definition) is 5. The molecule has 1 aliphatic heterocycles. The van der Waals surface area contributed by atoms with Crippen LogP contribution in [-0.2, 0) is 4.74 Å². The highest BCUT2D eigenvalue weighted by molar-refractivity contribution is 6.00. The molecule has 1 aromatic carbocycles. The third-order valence-corrected chi connectivity index (χ3v) is 3.24. The zero-order valence-corrected chi connectivity index (χ0v) is 12.0. The van der Waals surface area contributed by atoms with Crippen molar-refractivity contribution in [3.8, 4) is 11.5 Å². The molecule has 0 radical (unpaired) electrons. The number of morpholine rings is 1. The summed E-state index contributed by atoms with van der Waals surface area (Å²) < 4.78 is 10.3. The molecule has 1 fully saturated rings. The lowest BCUT2D eigenvalue weighted by atomic mass is 10.1. The predicted octanol–water partition coefficient (Wildman–Crippen LogP) is 1.47. The van der Waals surface area contributed by atoms with Gasteiger partial charge in [-0.25, -0.2) is 4.79 Å². The molecule has 2 amide bonds. The number of phenols is 1. The van der Waals surface area contributed by atoms with E-state index in [1.165, 1.54) is 26.2 Å². The van der Waals surface area contributed by atoms with Gasteiger partial charge in [-0.3, -0.25) is 4.79 Å². The van der Waals surface area contributed by atoms with E-state index in [-0.39, 0.29) is 23.1 Å². The predicted molar refractivity (Wildman–Crippen MR) is 76.1 cm³/mol. The zero-order valence-electron chi connectivity index (χ0n) is 12.0. The van der Waals surface area contributed by atoms with Gasteiger partial charge in [0.2, 0.25) is 0 Å². The number of nitrogens with one attached hydrogen (secondary N) is 1. The molecular formula is C14H18N2O5. The summed E-state index contributed by atoms with van der Waals surface area (Å²) in [5.74, 6) is -0.181. The summed E-state index contributed by atoms with van der Waals surface area (Å²) in [6.07, 6.45) is 0. The molecule has 0 spiro atoms. The maximum absolute atomic E-state index is 12.2. The van der Waals surface area contributed by atoms with Gasteiger partial charge in [0, 0.05) is 19.2 Å². The van der Waals surface area contributed by atoms with Crippen LogP contribution in [0.5, 0.6) is 11.5 Å². The molecule has 0 saturated carbocycles. The van der Waals surface area contributed by atoms with Crippen molar-refractivity contribution in [2.75, 3.05) is 38.7 Å². The van der Waals surface area contributed by atoms with E-state index in [1.807, 2.05) is 0 Å². The monoisotopic (exact) mass is 294 g/mol. The van der Waals surface area contributed by atoms with Gasteiger partial charge in [0.25, 0.3) is 0 Å². The first-order valence-corrected chi connectivity index (χ1v) is 6.58. The van der Waals surface area contributed by atoms with Crippen LogP contribution in [0.2, 0.25) is 0 Å². The van der Waals surface area contributed by atoms with Crippen molar-refractivity contribution in [1.82, 2.24) is 4.90 Å². The number of methoxy groups -OCH3 is 1. The quantitative estimate of drug-likeness (QED) is 0.651. The number of anilines is 1. The summed E-state index contributed by atoms with van der Waals surface area (Å²) in [5, 5.41) is 12.5. The van der Waals surface area contributed by atoms with E-state index in [0.717, 1.165) is 0 Å². The Labute approximate surface area is 122 Å². The summed E-state index contributed by atoms with van der Waals surface area (Å²) in [6.45, 7) is 3.35. The van der Waals surface area contributed by atoms with Crippen molar-refractivity contribution < 1.29 is 24.2 Å². The number of amides is 2. The first kappa shape index (κ1) is 15.1. The van der Waals surface area contributed by atoms with E-state index < -0.39 is 0 Å². The second-order valence-electron chi connectivity index (χ2n) is 4.66. The van der Waals surface area contributed by atoms with E-state index in [1.54, 1.807) is 4.90 Å². The first-order valence-electron chi connectivity index (χ1n) is 6.58. The fourth-order valence-electron chi connectivity index (χ4n) is 2.08. The molecule has 1 heterocycles. The average molecular weight is 294 g/mol. The van der Waals surface area contributed by atoms with E-state index in [9.17, 15) is 14.7 Å². The molecule has 21 heavy (non-hydrogen) atoms. The molecule has 0 aliphatic carbocycles. The van der Waals surface area contributed by atoms with Crippen LogP contribution in [0.15, 0.2) is 12.1 Å². The van der Waals surface area contributed by atoms with Gasteiger partial charge in [-0.2, -0.15) is 0 Å². The zero-order chi connectivity index (χ0) is 15.4. The summed E-state index contributed by atoms with van der Waals surface area (Å²) in [6, 6.07) is 2.43. The Bertz CT molecular complexity index is 553. The minimum absolute atomic E-state index is 0.132. The fraction of sp³-hybridized carbons (Fsp3) is 0.429. The molecule has 7 nitrogen and oxygen atoms in total.